The van der Waals surface area contributed by atoms with Crippen LogP contribution in [-0.2, 0) is 17.7 Å². The van der Waals surface area contributed by atoms with Gasteiger partial charge in [-0.15, -0.1) is 3.89 Å². The number of pyridine rings is 1. The molecule has 0 saturated heterocycles. The van der Waals surface area contributed by atoms with E-state index >= 15 is 0 Å². The Labute approximate surface area is 216 Å². The van der Waals surface area contributed by atoms with Crippen LogP contribution in [0.2, 0.25) is 0 Å². The minimum atomic E-state index is -4.53. The summed E-state index contributed by atoms with van der Waals surface area (Å²) in [6, 6.07) is 8.79. The second kappa shape index (κ2) is 10.9. The van der Waals surface area contributed by atoms with Gasteiger partial charge in [0.1, 0.15) is 11.3 Å². The van der Waals surface area contributed by atoms with Crippen LogP contribution in [0.5, 0.6) is 0 Å². The maximum absolute atomic E-state index is 14.6. The first-order chi connectivity index (χ1) is 17.9. The van der Waals surface area contributed by atoms with Crippen molar-refractivity contribution in [3.05, 3.63) is 59.0 Å². The summed E-state index contributed by atoms with van der Waals surface area (Å²) in [5, 5.41) is 2.53. The van der Waals surface area contributed by atoms with Crippen LogP contribution in [0.3, 0.4) is 0 Å². The number of benzene rings is 1. The zero-order valence-electron chi connectivity index (χ0n) is 19.8. The van der Waals surface area contributed by atoms with Gasteiger partial charge in [0.25, 0.3) is 17.7 Å². The third kappa shape index (κ3) is 5.94. The van der Waals surface area contributed by atoms with E-state index in [9.17, 15) is 35.4 Å². The first kappa shape index (κ1) is 27.9. The van der Waals surface area contributed by atoms with Crippen LogP contribution in [0.1, 0.15) is 39.2 Å². The van der Waals surface area contributed by atoms with Crippen molar-refractivity contribution in [2.24, 2.45) is 0 Å². The highest BCUT2D eigenvalue weighted by atomic mass is 32.2. The number of aromatic nitrogens is 3. The highest BCUT2D eigenvalue weighted by Gasteiger charge is 2.42. The fraction of sp³-hybridized carbons (Fsp3) is 0.391. The summed E-state index contributed by atoms with van der Waals surface area (Å²) in [6.45, 7) is -1.60. The summed E-state index contributed by atoms with van der Waals surface area (Å²) in [5.41, 5.74) is 0.758. The molecule has 1 N–H and O–H groups in total. The molecule has 4 rings (SSSR count). The molecule has 1 aromatic carbocycles. The number of imide groups is 1. The minimum absolute atomic E-state index is 0.0745. The predicted molar refractivity (Wildman–Crippen MR) is 125 cm³/mol. The van der Waals surface area contributed by atoms with Crippen LogP contribution in [-0.4, -0.2) is 68.6 Å². The molecule has 0 bridgehead atoms. The Balaban J connectivity index is 1.35. The van der Waals surface area contributed by atoms with E-state index < -0.39 is 43.1 Å². The van der Waals surface area contributed by atoms with Crippen molar-refractivity contribution in [1.29, 1.82) is 0 Å². The number of ether oxygens (including phenoxy) is 1. The normalized spacial score (nSPS) is 15.0. The molecule has 3 heterocycles. The Morgan fingerprint density at radius 2 is 1.68 bits per heavy atom. The molecule has 8 nitrogen and oxygen atoms in total. The van der Waals surface area contributed by atoms with E-state index in [0.29, 0.717) is 4.90 Å². The van der Waals surface area contributed by atoms with Gasteiger partial charge in [0, 0.05) is 13.0 Å². The lowest BCUT2D eigenvalue weighted by atomic mass is 10.1. The van der Waals surface area contributed by atoms with Crippen LogP contribution < -0.4 is 5.32 Å². The Morgan fingerprint density at radius 3 is 2.29 bits per heavy atom. The number of imidazole rings is 1. The van der Waals surface area contributed by atoms with E-state index in [-0.39, 0.29) is 65.7 Å². The zero-order valence-corrected chi connectivity index (χ0v) is 20.6. The smallest absolute Gasteiger partial charge is 0.369 e. The molecule has 1 atom stereocenters. The molecule has 15 heteroatoms. The number of nitrogens with zero attached hydrogens (tertiary/aromatic N) is 4. The van der Waals surface area contributed by atoms with Gasteiger partial charge in [0.05, 0.1) is 36.5 Å². The number of halogens is 6. The Morgan fingerprint density at radius 1 is 1.03 bits per heavy atom. The summed E-state index contributed by atoms with van der Waals surface area (Å²) < 4.78 is 86.2. The number of hydrogen-bond donors (Lipinski definition) is 1. The molecule has 0 spiro atoms. The monoisotopic (exact) mass is 561 g/mol. The standard InChI is InChI=1S/C23H21F6N5O3S/c1-13(23(26,27)28)37-9-8-18-32-19-17(34(18)38-29)7-6-14(31-19)10-30-11-22(24,25)12-33-20(35)15-4-2-3-5-16(15)21(33)36/h2-7,13,30H,8-12H2,1H3/t13-/m1/s1. The van der Waals surface area contributed by atoms with Crippen LogP contribution in [0, 0.1) is 0 Å². The predicted octanol–water partition coefficient (Wildman–Crippen LogP) is 4.34. The van der Waals surface area contributed by atoms with Gasteiger partial charge in [-0.2, -0.15) is 13.2 Å². The van der Waals surface area contributed by atoms with Gasteiger partial charge < -0.3 is 10.1 Å². The molecule has 1 aliphatic heterocycles. The number of nitrogens with one attached hydrogen (secondary N) is 1. The molecule has 1 aliphatic rings. The summed E-state index contributed by atoms with van der Waals surface area (Å²) >= 11 is -0.204. The van der Waals surface area contributed by atoms with Gasteiger partial charge in [-0.05, 0) is 31.2 Å². The molecule has 0 aliphatic carbocycles. The largest absolute Gasteiger partial charge is 0.414 e. The zero-order chi connectivity index (χ0) is 27.7. The molecule has 38 heavy (non-hydrogen) atoms. The SMILES string of the molecule is C[C@@H](OCCc1nc2nc(CNCC(F)(F)CN3C(=O)c4ccccc4C3=O)ccc2n1SF)C(F)(F)F. The van der Waals surface area contributed by atoms with Crippen molar-refractivity contribution in [2.75, 3.05) is 19.7 Å². The van der Waals surface area contributed by atoms with E-state index in [1.807, 2.05) is 0 Å². The first-order valence-electron chi connectivity index (χ1n) is 11.3. The van der Waals surface area contributed by atoms with Gasteiger partial charge >= 0.3 is 6.18 Å². The molecule has 2 aromatic heterocycles. The number of amides is 2. The highest BCUT2D eigenvalue weighted by molar-refractivity contribution is 7.92. The second-order valence-electron chi connectivity index (χ2n) is 8.54. The molecule has 0 saturated carbocycles. The molecule has 0 radical (unpaired) electrons. The lowest BCUT2D eigenvalue weighted by Gasteiger charge is -2.22. The van der Waals surface area contributed by atoms with Crippen molar-refractivity contribution in [3.8, 4) is 0 Å². The lowest BCUT2D eigenvalue weighted by molar-refractivity contribution is -0.213. The van der Waals surface area contributed by atoms with Gasteiger partial charge in [0.15, 0.2) is 24.1 Å². The molecular formula is C23H21F6N5O3S. The minimum Gasteiger partial charge on any atom is -0.369 e. The molecule has 3 aromatic rings. The van der Waals surface area contributed by atoms with E-state index in [1.54, 1.807) is 0 Å². The number of rotatable bonds is 11. The number of carbonyl (C=O) groups is 2. The fourth-order valence-corrected chi connectivity index (χ4v) is 4.25. The number of carbonyl (C=O) groups excluding carboxylic acids is 2. The van der Waals surface area contributed by atoms with Gasteiger partial charge in [-0.25, -0.2) is 22.7 Å². The third-order valence-electron chi connectivity index (χ3n) is 5.78. The summed E-state index contributed by atoms with van der Waals surface area (Å²) in [4.78, 5) is 33.5. The topological polar surface area (TPSA) is 89.4 Å². The van der Waals surface area contributed by atoms with Crippen molar-refractivity contribution in [2.45, 2.75) is 38.1 Å². The number of hydrogen-bond acceptors (Lipinski definition) is 7. The van der Waals surface area contributed by atoms with Crippen molar-refractivity contribution in [1.82, 2.24) is 24.2 Å². The van der Waals surface area contributed by atoms with Gasteiger partial charge in [-0.1, -0.05) is 12.1 Å². The van der Waals surface area contributed by atoms with E-state index in [2.05, 4.69) is 15.3 Å². The van der Waals surface area contributed by atoms with Crippen molar-refractivity contribution in [3.63, 3.8) is 0 Å². The average molecular weight is 562 g/mol. The molecule has 2 amide bonds. The molecule has 0 unspecified atom stereocenters. The highest BCUT2D eigenvalue weighted by Crippen LogP contribution is 2.27. The van der Waals surface area contributed by atoms with Gasteiger partial charge in [-0.3, -0.25) is 14.5 Å². The quantitative estimate of drug-likeness (QED) is 0.275. The first-order valence-corrected chi connectivity index (χ1v) is 12.0. The molecule has 0 fully saturated rings. The summed E-state index contributed by atoms with van der Waals surface area (Å²) in [7, 11) is 0. The van der Waals surface area contributed by atoms with Crippen LogP contribution in [0.4, 0.5) is 25.8 Å². The lowest BCUT2D eigenvalue weighted by Crippen LogP contribution is -2.45. The summed E-state index contributed by atoms with van der Waals surface area (Å²) in [6.07, 6.45) is -6.64. The van der Waals surface area contributed by atoms with Gasteiger partial charge in [0.2, 0.25) is 0 Å². The van der Waals surface area contributed by atoms with E-state index in [1.165, 1.54) is 36.4 Å². The number of alkyl halides is 5. The van der Waals surface area contributed by atoms with E-state index in [4.69, 9.17) is 4.74 Å². The van der Waals surface area contributed by atoms with Crippen molar-refractivity contribution >= 4 is 35.3 Å². The van der Waals surface area contributed by atoms with Crippen LogP contribution >= 0.6 is 12.3 Å². The fourth-order valence-electron chi connectivity index (χ4n) is 3.83. The van der Waals surface area contributed by atoms with Crippen LogP contribution in [0.25, 0.3) is 11.2 Å². The Hall–Kier alpha value is -3.17. The van der Waals surface area contributed by atoms with Crippen molar-refractivity contribution < 1.29 is 40.2 Å². The maximum atomic E-state index is 14.6. The second-order valence-corrected chi connectivity index (χ2v) is 9.05. The van der Waals surface area contributed by atoms with E-state index in [0.717, 1.165) is 10.9 Å². The third-order valence-corrected chi connectivity index (χ3v) is 6.33. The molecular weight excluding hydrogens is 540 g/mol. The maximum Gasteiger partial charge on any atom is 0.414 e. The summed E-state index contributed by atoms with van der Waals surface area (Å²) in [5.74, 6) is -4.92. The van der Waals surface area contributed by atoms with Crippen LogP contribution in [0.15, 0.2) is 36.4 Å². The Bertz CT molecular complexity index is 1310. The number of fused-ring (bicyclic) bond motifs is 2. The Kier molecular flexibility index (Phi) is 7.99. The molecule has 204 valence electrons. The average Bonchev–Trinajstić information content (AvgIpc) is 3.32.